The van der Waals surface area contributed by atoms with Gasteiger partial charge in [0.15, 0.2) is 0 Å². The summed E-state index contributed by atoms with van der Waals surface area (Å²) in [6.45, 7) is 2.72. The maximum Gasteiger partial charge on any atom is 0.405 e. The average Bonchev–Trinajstić information content (AvgIpc) is 1.97. The van der Waals surface area contributed by atoms with Crippen LogP contribution in [-0.2, 0) is 0 Å². The molecule has 1 nitrogen and oxygen atoms in total. The van der Waals surface area contributed by atoms with Gasteiger partial charge in [-0.25, -0.2) is 0 Å². The van der Waals surface area contributed by atoms with Crippen LogP contribution in [-0.4, -0.2) is 12.7 Å². The van der Waals surface area contributed by atoms with Gasteiger partial charge in [-0.2, -0.15) is 13.2 Å². The Kier molecular flexibility index (Phi) is 3.03. The van der Waals surface area contributed by atoms with E-state index < -0.39 is 12.7 Å². The summed E-state index contributed by atoms with van der Waals surface area (Å²) in [5.74, 6) is 0. The molecule has 0 fully saturated rings. The van der Waals surface area contributed by atoms with Gasteiger partial charge in [0.25, 0.3) is 0 Å². The van der Waals surface area contributed by atoms with E-state index in [4.69, 9.17) is 0 Å². The Labute approximate surface area is 80.9 Å². The molecule has 0 spiro atoms. The second-order valence-corrected chi connectivity index (χ2v) is 3.35. The third kappa shape index (κ3) is 3.68. The van der Waals surface area contributed by atoms with Crippen LogP contribution in [0.5, 0.6) is 0 Å². The minimum atomic E-state index is -4.17. The standard InChI is InChI=1S/C10H12F3N/c1-7-3-8(2)5-9(4-7)14-6-10(11,12)13/h3-5,14H,6H2,1-2H3. The van der Waals surface area contributed by atoms with E-state index in [-0.39, 0.29) is 0 Å². The molecule has 0 saturated heterocycles. The fourth-order valence-corrected chi connectivity index (χ4v) is 1.28. The van der Waals surface area contributed by atoms with E-state index in [0.29, 0.717) is 5.69 Å². The lowest BCUT2D eigenvalue weighted by Crippen LogP contribution is -2.21. The smallest absolute Gasteiger partial charge is 0.376 e. The Morgan fingerprint density at radius 1 is 1.07 bits per heavy atom. The molecule has 1 aromatic carbocycles. The quantitative estimate of drug-likeness (QED) is 0.777. The zero-order chi connectivity index (χ0) is 10.8. The Hall–Kier alpha value is -1.19. The second-order valence-electron chi connectivity index (χ2n) is 3.35. The maximum absolute atomic E-state index is 11.9. The van der Waals surface area contributed by atoms with Crippen LogP contribution in [0.25, 0.3) is 0 Å². The highest BCUT2D eigenvalue weighted by Gasteiger charge is 2.26. The fraction of sp³-hybridized carbons (Fsp3) is 0.400. The number of rotatable bonds is 2. The minimum absolute atomic E-state index is 0.514. The van der Waals surface area contributed by atoms with Gasteiger partial charge in [-0.15, -0.1) is 0 Å². The topological polar surface area (TPSA) is 12.0 Å². The van der Waals surface area contributed by atoms with E-state index in [1.54, 1.807) is 12.1 Å². The highest BCUT2D eigenvalue weighted by Crippen LogP contribution is 2.18. The number of nitrogens with one attached hydrogen (secondary N) is 1. The van der Waals surface area contributed by atoms with Crippen LogP contribution in [0, 0.1) is 13.8 Å². The largest absolute Gasteiger partial charge is 0.405 e. The molecule has 0 aliphatic rings. The number of halogens is 3. The summed E-state index contributed by atoms with van der Waals surface area (Å²) in [7, 11) is 0. The molecular formula is C10H12F3N. The lowest BCUT2D eigenvalue weighted by molar-refractivity contribution is -0.115. The van der Waals surface area contributed by atoms with Crippen LogP contribution in [0.15, 0.2) is 18.2 Å². The zero-order valence-corrected chi connectivity index (χ0v) is 8.07. The first kappa shape index (κ1) is 10.9. The third-order valence-electron chi connectivity index (χ3n) is 1.71. The molecule has 1 aromatic rings. The van der Waals surface area contributed by atoms with Gasteiger partial charge in [0, 0.05) is 5.69 Å². The summed E-state index contributed by atoms with van der Waals surface area (Å²) in [5.41, 5.74) is 2.42. The van der Waals surface area contributed by atoms with Crippen molar-refractivity contribution >= 4 is 5.69 Å². The SMILES string of the molecule is Cc1cc(C)cc(NCC(F)(F)F)c1. The number of anilines is 1. The van der Waals surface area contributed by atoms with E-state index in [1.165, 1.54) is 0 Å². The summed E-state index contributed by atoms with van der Waals surface area (Å²) >= 11 is 0. The van der Waals surface area contributed by atoms with Gasteiger partial charge >= 0.3 is 6.18 Å². The summed E-state index contributed by atoms with van der Waals surface area (Å²) in [5, 5.41) is 2.34. The molecule has 0 amide bonds. The van der Waals surface area contributed by atoms with Crippen LogP contribution in [0.2, 0.25) is 0 Å². The normalized spacial score (nSPS) is 11.5. The molecule has 0 radical (unpaired) electrons. The predicted octanol–water partition coefficient (Wildman–Crippen LogP) is 3.28. The molecule has 14 heavy (non-hydrogen) atoms. The van der Waals surface area contributed by atoms with Gasteiger partial charge in [-0.05, 0) is 37.1 Å². The molecule has 4 heteroatoms. The van der Waals surface area contributed by atoms with Crippen molar-refractivity contribution < 1.29 is 13.2 Å². The number of benzene rings is 1. The van der Waals surface area contributed by atoms with Crippen molar-refractivity contribution in [3.05, 3.63) is 29.3 Å². The molecule has 0 aliphatic carbocycles. The molecular weight excluding hydrogens is 191 g/mol. The van der Waals surface area contributed by atoms with Crippen LogP contribution in [0.1, 0.15) is 11.1 Å². The van der Waals surface area contributed by atoms with Crippen LogP contribution in [0.3, 0.4) is 0 Å². The Bertz CT molecular complexity index is 297. The first-order valence-electron chi connectivity index (χ1n) is 4.26. The molecule has 0 heterocycles. The molecule has 0 aliphatic heterocycles. The van der Waals surface area contributed by atoms with Crippen LogP contribution < -0.4 is 5.32 Å². The Morgan fingerprint density at radius 2 is 1.57 bits per heavy atom. The van der Waals surface area contributed by atoms with Crippen molar-refractivity contribution in [2.45, 2.75) is 20.0 Å². The van der Waals surface area contributed by atoms with Crippen molar-refractivity contribution in [1.82, 2.24) is 0 Å². The van der Waals surface area contributed by atoms with Crippen molar-refractivity contribution in [1.29, 1.82) is 0 Å². The highest BCUT2D eigenvalue weighted by atomic mass is 19.4. The molecule has 0 saturated carbocycles. The van der Waals surface area contributed by atoms with Gasteiger partial charge in [-0.1, -0.05) is 6.07 Å². The number of alkyl halides is 3. The van der Waals surface area contributed by atoms with E-state index in [1.807, 2.05) is 19.9 Å². The van der Waals surface area contributed by atoms with Crippen LogP contribution in [0.4, 0.5) is 18.9 Å². The Balaban J connectivity index is 2.68. The maximum atomic E-state index is 11.9. The van der Waals surface area contributed by atoms with E-state index in [0.717, 1.165) is 11.1 Å². The van der Waals surface area contributed by atoms with Gasteiger partial charge in [0.1, 0.15) is 6.54 Å². The van der Waals surface area contributed by atoms with E-state index >= 15 is 0 Å². The molecule has 0 aromatic heterocycles. The first-order valence-corrected chi connectivity index (χ1v) is 4.26. The highest BCUT2D eigenvalue weighted by molar-refractivity contribution is 5.48. The number of aryl methyl sites for hydroxylation is 2. The molecule has 0 unspecified atom stereocenters. The van der Waals surface area contributed by atoms with Crippen molar-refractivity contribution in [3.8, 4) is 0 Å². The summed E-state index contributed by atoms with van der Waals surface area (Å²) < 4.78 is 35.6. The zero-order valence-electron chi connectivity index (χ0n) is 8.07. The molecule has 1 rings (SSSR count). The molecule has 78 valence electrons. The second kappa shape index (κ2) is 3.90. The number of hydrogen-bond acceptors (Lipinski definition) is 1. The minimum Gasteiger partial charge on any atom is -0.376 e. The molecule has 0 atom stereocenters. The lowest BCUT2D eigenvalue weighted by Gasteiger charge is -2.10. The fourth-order valence-electron chi connectivity index (χ4n) is 1.28. The Morgan fingerprint density at radius 3 is 2.00 bits per heavy atom. The predicted molar refractivity (Wildman–Crippen MR) is 50.5 cm³/mol. The summed E-state index contributed by atoms with van der Waals surface area (Å²) in [6.07, 6.45) is -4.17. The summed E-state index contributed by atoms with van der Waals surface area (Å²) in [6, 6.07) is 5.30. The van der Waals surface area contributed by atoms with Gasteiger partial charge in [0.05, 0.1) is 0 Å². The van der Waals surface area contributed by atoms with Crippen molar-refractivity contribution in [3.63, 3.8) is 0 Å². The third-order valence-corrected chi connectivity index (χ3v) is 1.71. The number of hydrogen-bond donors (Lipinski definition) is 1. The van der Waals surface area contributed by atoms with Crippen molar-refractivity contribution in [2.75, 3.05) is 11.9 Å². The summed E-state index contributed by atoms with van der Waals surface area (Å²) in [4.78, 5) is 0. The average molecular weight is 203 g/mol. The molecule has 0 bridgehead atoms. The van der Waals surface area contributed by atoms with E-state index in [2.05, 4.69) is 5.32 Å². The lowest BCUT2D eigenvalue weighted by atomic mass is 10.1. The van der Waals surface area contributed by atoms with E-state index in [9.17, 15) is 13.2 Å². The van der Waals surface area contributed by atoms with Gasteiger partial charge in [-0.3, -0.25) is 0 Å². The van der Waals surface area contributed by atoms with Crippen molar-refractivity contribution in [2.24, 2.45) is 0 Å². The van der Waals surface area contributed by atoms with Gasteiger partial charge < -0.3 is 5.32 Å². The van der Waals surface area contributed by atoms with Gasteiger partial charge in [0.2, 0.25) is 0 Å². The monoisotopic (exact) mass is 203 g/mol. The van der Waals surface area contributed by atoms with Crippen LogP contribution >= 0.6 is 0 Å². The first-order chi connectivity index (χ1) is 6.37. The molecule has 1 N–H and O–H groups in total.